The number of anilines is 1. The number of aromatic nitrogens is 2. The predicted octanol–water partition coefficient (Wildman–Crippen LogP) is 3.56. The number of nitrogens with one attached hydrogen (secondary N) is 1. The van der Waals surface area contributed by atoms with Gasteiger partial charge in [-0.2, -0.15) is 5.10 Å². The Bertz CT molecular complexity index is 697. The molecular formula is C14H14N4S. The van der Waals surface area contributed by atoms with Crippen molar-refractivity contribution < 1.29 is 0 Å². The summed E-state index contributed by atoms with van der Waals surface area (Å²) in [5.74, 6) is 0.775. The van der Waals surface area contributed by atoms with Gasteiger partial charge in [0.2, 0.25) is 5.95 Å². The molecule has 0 bridgehead atoms. The van der Waals surface area contributed by atoms with Gasteiger partial charge in [-0.15, -0.1) is 11.3 Å². The Morgan fingerprint density at radius 1 is 1.32 bits per heavy atom. The number of imidazole rings is 1. The molecule has 96 valence electrons. The second-order valence-corrected chi connectivity index (χ2v) is 5.03. The van der Waals surface area contributed by atoms with Crippen LogP contribution in [0.1, 0.15) is 11.8 Å². The number of aryl methyl sites for hydroxylation is 1. The molecule has 0 amide bonds. The van der Waals surface area contributed by atoms with Gasteiger partial charge in [0.25, 0.3) is 0 Å². The van der Waals surface area contributed by atoms with E-state index in [2.05, 4.69) is 33.1 Å². The van der Waals surface area contributed by atoms with Crippen LogP contribution in [-0.2, 0) is 6.54 Å². The van der Waals surface area contributed by atoms with E-state index in [1.807, 2.05) is 41.9 Å². The molecule has 2 aromatic heterocycles. The SMILES string of the molecule is CCn1c(N/N=C\c2cccs2)nc2ccccc21. The van der Waals surface area contributed by atoms with Crippen LogP contribution in [0.5, 0.6) is 0 Å². The van der Waals surface area contributed by atoms with Crippen molar-refractivity contribution in [3.05, 3.63) is 46.7 Å². The average molecular weight is 270 g/mol. The zero-order chi connectivity index (χ0) is 13.1. The number of hydrazone groups is 1. The summed E-state index contributed by atoms with van der Waals surface area (Å²) in [5, 5.41) is 6.27. The molecule has 0 saturated heterocycles. The van der Waals surface area contributed by atoms with Crippen molar-refractivity contribution in [2.75, 3.05) is 5.43 Å². The highest BCUT2D eigenvalue weighted by Gasteiger charge is 2.07. The van der Waals surface area contributed by atoms with E-state index in [4.69, 9.17) is 0 Å². The van der Waals surface area contributed by atoms with Crippen molar-refractivity contribution in [1.82, 2.24) is 9.55 Å². The molecule has 3 aromatic rings. The lowest BCUT2D eigenvalue weighted by atomic mass is 10.3. The molecule has 0 unspecified atom stereocenters. The second kappa shape index (κ2) is 5.24. The number of thiophene rings is 1. The molecule has 0 aliphatic heterocycles. The number of rotatable bonds is 4. The zero-order valence-corrected chi connectivity index (χ0v) is 11.4. The largest absolute Gasteiger partial charge is 0.309 e. The Morgan fingerprint density at radius 2 is 2.21 bits per heavy atom. The van der Waals surface area contributed by atoms with Gasteiger partial charge in [0, 0.05) is 11.4 Å². The quantitative estimate of drug-likeness (QED) is 0.582. The summed E-state index contributed by atoms with van der Waals surface area (Å²) < 4.78 is 2.11. The van der Waals surface area contributed by atoms with Crippen LogP contribution < -0.4 is 5.43 Å². The van der Waals surface area contributed by atoms with Crippen molar-refractivity contribution in [2.24, 2.45) is 5.10 Å². The lowest BCUT2D eigenvalue weighted by molar-refractivity contribution is 0.791. The Hall–Kier alpha value is -2.14. The highest BCUT2D eigenvalue weighted by atomic mass is 32.1. The summed E-state index contributed by atoms with van der Waals surface area (Å²) in [6.07, 6.45) is 1.81. The monoisotopic (exact) mass is 270 g/mol. The third-order valence-electron chi connectivity index (χ3n) is 2.87. The Kier molecular flexibility index (Phi) is 3.29. The molecule has 2 heterocycles. The Labute approximate surface area is 115 Å². The molecule has 1 aromatic carbocycles. The molecule has 0 fully saturated rings. The van der Waals surface area contributed by atoms with Gasteiger partial charge in [-0.05, 0) is 30.5 Å². The van der Waals surface area contributed by atoms with Gasteiger partial charge in [0.15, 0.2) is 0 Å². The van der Waals surface area contributed by atoms with Crippen molar-refractivity contribution in [3.8, 4) is 0 Å². The van der Waals surface area contributed by atoms with Crippen LogP contribution in [-0.4, -0.2) is 15.8 Å². The normalized spacial score (nSPS) is 11.4. The minimum Gasteiger partial charge on any atom is -0.309 e. The third-order valence-corrected chi connectivity index (χ3v) is 3.68. The standard InChI is InChI=1S/C14H14N4S/c1-2-18-13-8-4-3-7-12(13)16-14(18)17-15-10-11-6-5-9-19-11/h3-10H,2H2,1H3,(H,16,17)/b15-10-. The number of hydrogen-bond acceptors (Lipinski definition) is 4. The van der Waals surface area contributed by atoms with Crippen LogP contribution in [0.15, 0.2) is 46.9 Å². The number of benzene rings is 1. The summed E-state index contributed by atoms with van der Waals surface area (Å²) >= 11 is 1.66. The van der Waals surface area contributed by atoms with Crippen LogP contribution in [0, 0.1) is 0 Å². The van der Waals surface area contributed by atoms with Crippen LogP contribution in [0.2, 0.25) is 0 Å². The minimum absolute atomic E-state index is 0.775. The molecule has 0 spiro atoms. The maximum Gasteiger partial charge on any atom is 0.224 e. The Morgan fingerprint density at radius 3 is 3.00 bits per heavy atom. The highest BCUT2D eigenvalue weighted by molar-refractivity contribution is 7.11. The first-order chi connectivity index (χ1) is 9.38. The van der Waals surface area contributed by atoms with Gasteiger partial charge < -0.3 is 4.57 Å². The van der Waals surface area contributed by atoms with Crippen LogP contribution in [0.3, 0.4) is 0 Å². The summed E-state index contributed by atoms with van der Waals surface area (Å²) in [5.41, 5.74) is 5.13. The fourth-order valence-corrected chi connectivity index (χ4v) is 2.58. The first-order valence-electron chi connectivity index (χ1n) is 6.16. The molecule has 0 aliphatic rings. The van der Waals surface area contributed by atoms with E-state index in [-0.39, 0.29) is 0 Å². The van der Waals surface area contributed by atoms with Crippen LogP contribution in [0.4, 0.5) is 5.95 Å². The van der Waals surface area contributed by atoms with E-state index in [0.29, 0.717) is 0 Å². The third kappa shape index (κ3) is 2.37. The maximum atomic E-state index is 4.54. The van der Waals surface area contributed by atoms with E-state index < -0.39 is 0 Å². The van der Waals surface area contributed by atoms with Crippen molar-refractivity contribution in [2.45, 2.75) is 13.5 Å². The fourth-order valence-electron chi connectivity index (χ4n) is 2.00. The molecule has 19 heavy (non-hydrogen) atoms. The van der Waals surface area contributed by atoms with Gasteiger partial charge in [-0.25, -0.2) is 10.4 Å². The van der Waals surface area contributed by atoms with Gasteiger partial charge >= 0.3 is 0 Å². The van der Waals surface area contributed by atoms with Gasteiger partial charge in [0.1, 0.15) is 0 Å². The number of fused-ring (bicyclic) bond motifs is 1. The fraction of sp³-hybridized carbons (Fsp3) is 0.143. The van der Waals surface area contributed by atoms with Gasteiger partial charge in [-0.3, -0.25) is 0 Å². The number of para-hydroxylation sites is 2. The van der Waals surface area contributed by atoms with E-state index >= 15 is 0 Å². The molecule has 0 aliphatic carbocycles. The molecular weight excluding hydrogens is 256 g/mol. The van der Waals surface area contributed by atoms with Crippen LogP contribution in [0.25, 0.3) is 11.0 Å². The lowest BCUT2D eigenvalue weighted by Gasteiger charge is -2.03. The maximum absolute atomic E-state index is 4.54. The molecule has 0 radical (unpaired) electrons. The summed E-state index contributed by atoms with van der Waals surface area (Å²) in [4.78, 5) is 5.66. The summed E-state index contributed by atoms with van der Waals surface area (Å²) in [6, 6.07) is 12.1. The first-order valence-corrected chi connectivity index (χ1v) is 7.04. The second-order valence-electron chi connectivity index (χ2n) is 4.05. The van der Waals surface area contributed by atoms with E-state index in [1.165, 1.54) is 0 Å². The lowest BCUT2D eigenvalue weighted by Crippen LogP contribution is -2.01. The van der Waals surface area contributed by atoms with Crippen molar-refractivity contribution in [3.63, 3.8) is 0 Å². The zero-order valence-electron chi connectivity index (χ0n) is 10.6. The summed E-state index contributed by atoms with van der Waals surface area (Å²) in [6.45, 7) is 2.96. The highest BCUT2D eigenvalue weighted by Crippen LogP contribution is 2.19. The molecule has 0 saturated carbocycles. The molecule has 3 rings (SSSR count). The summed E-state index contributed by atoms with van der Waals surface area (Å²) in [7, 11) is 0. The van der Waals surface area contributed by atoms with Crippen molar-refractivity contribution in [1.29, 1.82) is 0 Å². The minimum atomic E-state index is 0.775. The van der Waals surface area contributed by atoms with Gasteiger partial charge in [-0.1, -0.05) is 18.2 Å². The van der Waals surface area contributed by atoms with E-state index in [1.54, 1.807) is 11.3 Å². The topological polar surface area (TPSA) is 42.2 Å². The molecule has 1 N–H and O–H groups in total. The predicted molar refractivity (Wildman–Crippen MR) is 80.9 cm³/mol. The van der Waals surface area contributed by atoms with Crippen molar-refractivity contribution >= 4 is 34.5 Å². The number of hydrogen-bond donors (Lipinski definition) is 1. The van der Waals surface area contributed by atoms with Crippen LogP contribution >= 0.6 is 11.3 Å². The molecule has 0 atom stereocenters. The molecule has 5 heteroatoms. The van der Waals surface area contributed by atoms with E-state index in [9.17, 15) is 0 Å². The average Bonchev–Trinajstić information content (AvgIpc) is 3.05. The first kappa shape index (κ1) is 11.9. The van der Waals surface area contributed by atoms with E-state index in [0.717, 1.165) is 28.4 Å². The number of nitrogens with zero attached hydrogens (tertiary/aromatic N) is 3. The smallest absolute Gasteiger partial charge is 0.224 e. The van der Waals surface area contributed by atoms with Gasteiger partial charge in [0.05, 0.1) is 17.2 Å². The molecule has 4 nitrogen and oxygen atoms in total. The Balaban J connectivity index is 1.88.